The predicted octanol–water partition coefficient (Wildman–Crippen LogP) is 3.44. The van der Waals surface area contributed by atoms with Gasteiger partial charge in [0.15, 0.2) is 0 Å². The zero-order valence-electron chi connectivity index (χ0n) is 18.6. The van der Waals surface area contributed by atoms with Crippen molar-refractivity contribution in [2.24, 2.45) is 5.10 Å². The minimum absolute atomic E-state index is 0.0996. The summed E-state index contributed by atoms with van der Waals surface area (Å²) in [5.74, 6) is -2.57. The molecule has 0 aliphatic heterocycles. The summed E-state index contributed by atoms with van der Waals surface area (Å²) >= 11 is 0. The van der Waals surface area contributed by atoms with Crippen molar-refractivity contribution in [3.63, 3.8) is 0 Å². The number of para-hydroxylation sites is 2. The van der Waals surface area contributed by atoms with E-state index in [1.54, 1.807) is 48.5 Å². The summed E-state index contributed by atoms with van der Waals surface area (Å²) in [6.45, 7) is 1.93. The maximum Gasteiger partial charge on any atom is 0.329 e. The van der Waals surface area contributed by atoms with Gasteiger partial charge in [0.25, 0.3) is 5.91 Å². The first kappa shape index (κ1) is 23.1. The van der Waals surface area contributed by atoms with E-state index in [1.165, 1.54) is 18.4 Å². The molecule has 0 aliphatic rings. The summed E-state index contributed by atoms with van der Waals surface area (Å²) in [6.07, 6.45) is 2.30. The molecule has 9 heteroatoms. The molecule has 0 aliphatic carbocycles. The van der Waals surface area contributed by atoms with Gasteiger partial charge >= 0.3 is 11.8 Å². The van der Waals surface area contributed by atoms with Gasteiger partial charge in [-0.25, -0.2) is 5.43 Å². The number of rotatable bonds is 5. The molecule has 0 fully saturated rings. The Morgan fingerprint density at radius 1 is 0.857 bits per heavy atom. The molecule has 0 unspecified atom stereocenters. The number of hydrogen-bond donors (Lipinski definition) is 3. The molecule has 4 aromatic rings. The van der Waals surface area contributed by atoms with Crippen LogP contribution in [0.2, 0.25) is 0 Å². The molecule has 9 nitrogen and oxygen atoms in total. The van der Waals surface area contributed by atoms with E-state index in [9.17, 15) is 19.2 Å². The molecule has 0 spiro atoms. The third-order valence-corrected chi connectivity index (χ3v) is 5.01. The quantitative estimate of drug-likeness (QED) is 0.235. The SMILES string of the molecule is Cc1ccc(NC(=O)c2ccccc2NC(=O)C(=O)N/N=C/c2coc3ccccc3c2=O)cc1. The number of nitrogens with zero attached hydrogens (tertiary/aromatic N) is 1. The molecular formula is C26H20N4O5. The van der Waals surface area contributed by atoms with E-state index < -0.39 is 17.7 Å². The van der Waals surface area contributed by atoms with Crippen LogP contribution in [0.3, 0.4) is 0 Å². The highest BCUT2D eigenvalue weighted by Crippen LogP contribution is 2.18. The van der Waals surface area contributed by atoms with Crippen LogP contribution in [-0.4, -0.2) is 23.9 Å². The average molecular weight is 468 g/mol. The molecule has 0 radical (unpaired) electrons. The number of hydrazone groups is 1. The highest BCUT2D eigenvalue weighted by atomic mass is 16.3. The second-order valence-corrected chi connectivity index (χ2v) is 7.54. The Labute approximate surface area is 199 Å². The van der Waals surface area contributed by atoms with Gasteiger partial charge in [-0.05, 0) is 43.3 Å². The number of fused-ring (bicyclic) bond motifs is 1. The lowest BCUT2D eigenvalue weighted by Gasteiger charge is -2.11. The van der Waals surface area contributed by atoms with Crippen molar-refractivity contribution in [2.75, 3.05) is 10.6 Å². The van der Waals surface area contributed by atoms with E-state index in [4.69, 9.17) is 4.42 Å². The molecule has 3 N–H and O–H groups in total. The second kappa shape index (κ2) is 10.3. The maximum absolute atomic E-state index is 12.7. The van der Waals surface area contributed by atoms with Crippen molar-refractivity contribution in [1.29, 1.82) is 0 Å². The van der Waals surface area contributed by atoms with Crippen LogP contribution in [0.25, 0.3) is 11.0 Å². The van der Waals surface area contributed by atoms with Gasteiger partial charge in [-0.2, -0.15) is 5.10 Å². The van der Waals surface area contributed by atoms with Gasteiger partial charge in [0.1, 0.15) is 11.8 Å². The topological polar surface area (TPSA) is 130 Å². The summed E-state index contributed by atoms with van der Waals surface area (Å²) < 4.78 is 5.37. The number of aryl methyl sites for hydroxylation is 1. The number of hydrogen-bond acceptors (Lipinski definition) is 6. The van der Waals surface area contributed by atoms with Crippen molar-refractivity contribution in [3.8, 4) is 0 Å². The lowest BCUT2D eigenvalue weighted by Crippen LogP contribution is -2.33. The molecule has 4 rings (SSSR count). The Bertz CT molecular complexity index is 1510. The highest BCUT2D eigenvalue weighted by molar-refractivity contribution is 6.40. The minimum atomic E-state index is -1.08. The van der Waals surface area contributed by atoms with Crippen LogP contribution in [0.5, 0.6) is 0 Å². The summed E-state index contributed by atoms with van der Waals surface area (Å²) in [7, 11) is 0. The van der Waals surface area contributed by atoms with Gasteiger partial charge in [-0.15, -0.1) is 0 Å². The standard InChI is InChI=1S/C26H20N4O5/c1-16-10-12-18(13-11-16)28-24(32)19-6-2-4-8-21(19)29-25(33)26(34)30-27-14-17-15-35-22-9-5-3-7-20(22)23(17)31/h2-15H,1H3,(H,28,32)(H,29,33)(H,30,34)/b27-14+. The van der Waals surface area contributed by atoms with Crippen LogP contribution in [-0.2, 0) is 9.59 Å². The van der Waals surface area contributed by atoms with E-state index in [-0.39, 0.29) is 22.2 Å². The molecule has 1 aromatic heterocycles. The van der Waals surface area contributed by atoms with E-state index in [1.807, 2.05) is 19.1 Å². The highest BCUT2D eigenvalue weighted by Gasteiger charge is 2.18. The van der Waals surface area contributed by atoms with Crippen molar-refractivity contribution in [3.05, 3.63) is 106 Å². The molecule has 0 atom stereocenters. The fourth-order valence-electron chi connectivity index (χ4n) is 3.20. The third kappa shape index (κ3) is 5.48. The van der Waals surface area contributed by atoms with Crippen LogP contribution < -0.4 is 21.5 Å². The first-order valence-corrected chi connectivity index (χ1v) is 10.5. The number of anilines is 2. The normalized spacial score (nSPS) is 10.8. The molecule has 3 amide bonds. The number of nitrogens with one attached hydrogen (secondary N) is 3. The van der Waals surface area contributed by atoms with Gasteiger partial charge in [-0.1, -0.05) is 42.0 Å². The number of carbonyl (C=O) groups is 3. The number of carbonyl (C=O) groups excluding carboxylic acids is 3. The smallest absolute Gasteiger partial charge is 0.329 e. The average Bonchev–Trinajstić information content (AvgIpc) is 2.87. The molecule has 0 saturated carbocycles. The first-order valence-electron chi connectivity index (χ1n) is 10.5. The molecule has 3 aromatic carbocycles. The Morgan fingerprint density at radius 3 is 2.37 bits per heavy atom. The molecule has 35 heavy (non-hydrogen) atoms. The zero-order chi connectivity index (χ0) is 24.8. The first-order chi connectivity index (χ1) is 16.9. The summed E-state index contributed by atoms with van der Waals surface area (Å²) in [6, 6.07) is 20.2. The Kier molecular flexibility index (Phi) is 6.78. The third-order valence-electron chi connectivity index (χ3n) is 5.01. The van der Waals surface area contributed by atoms with Crippen molar-refractivity contribution in [1.82, 2.24) is 5.43 Å². The number of benzene rings is 3. The van der Waals surface area contributed by atoms with Gasteiger partial charge in [0.2, 0.25) is 5.43 Å². The van der Waals surface area contributed by atoms with Crippen LogP contribution in [0, 0.1) is 6.92 Å². The molecule has 0 bridgehead atoms. The minimum Gasteiger partial charge on any atom is -0.463 e. The van der Waals surface area contributed by atoms with Crippen LogP contribution in [0.15, 0.2) is 93.4 Å². The fourth-order valence-corrected chi connectivity index (χ4v) is 3.20. The van der Waals surface area contributed by atoms with E-state index in [2.05, 4.69) is 21.2 Å². The fraction of sp³-hybridized carbons (Fsp3) is 0.0385. The van der Waals surface area contributed by atoms with Crippen molar-refractivity contribution >= 4 is 46.3 Å². The molecule has 174 valence electrons. The summed E-state index contributed by atoms with van der Waals surface area (Å²) in [5.41, 5.74) is 4.21. The number of amides is 3. The van der Waals surface area contributed by atoms with Gasteiger partial charge in [0, 0.05) is 5.69 Å². The predicted molar refractivity (Wildman–Crippen MR) is 132 cm³/mol. The zero-order valence-corrected chi connectivity index (χ0v) is 18.6. The summed E-state index contributed by atoms with van der Waals surface area (Å²) in [5, 5.41) is 9.18. The Hall–Kier alpha value is -5.05. The van der Waals surface area contributed by atoms with Crippen LogP contribution in [0.1, 0.15) is 21.5 Å². The van der Waals surface area contributed by atoms with E-state index in [0.29, 0.717) is 16.7 Å². The van der Waals surface area contributed by atoms with Crippen LogP contribution >= 0.6 is 0 Å². The van der Waals surface area contributed by atoms with E-state index >= 15 is 0 Å². The molecule has 1 heterocycles. The molecular weight excluding hydrogens is 448 g/mol. The second-order valence-electron chi connectivity index (χ2n) is 7.54. The lowest BCUT2D eigenvalue weighted by atomic mass is 10.1. The van der Waals surface area contributed by atoms with E-state index in [0.717, 1.165) is 11.8 Å². The lowest BCUT2D eigenvalue weighted by molar-refractivity contribution is -0.136. The largest absolute Gasteiger partial charge is 0.463 e. The molecule has 0 saturated heterocycles. The van der Waals surface area contributed by atoms with Crippen molar-refractivity contribution in [2.45, 2.75) is 6.92 Å². The van der Waals surface area contributed by atoms with Gasteiger partial charge in [-0.3, -0.25) is 19.2 Å². The van der Waals surface area contributed by atoms with Crippen LogP contribution in [0.4, 0.5) is 11.4 Å². The monoisotopic (exact) mass is 468 g/mol. The van der Waals surface area contributed by atoms with Gasteiger partial charge < -0.3 is 15.1 Å². The maximum atomic E-state index is 12.7. The van der Waals surface area contributed by atoms with Crippen molar-refractivity contribution < 1.29 is 18.8 Å². The van der Waals surface area contributed by atoms with Gasteiger partial charge in [0.05, 0.1) is 28.4 Å². The Balaban J connectivity index is 1.41. The Morgan fingerprint density at radius 2 is 1.57 bits per heavy atom. The summed E-state index contributed by atoms with van der Waals surface area (Å²) in [4.78, 5) is 49.7.